The molecule has 0 saturated carbocycles. The van der Waals surface area contributed by atoms with E-state index in [1.807, 2.05) is 0 Å². The molecule has 0 amide bonds. The first-order chi connectivity index (χ1) is 15.9. The number of nitrogens with zero attached hydrogens (tertiary/aromatic N) is 3. The molecule has 0 aliphatic rings. The lowest BCUT2D eigenvalue weighted by Crippen LogP contribution is -2.02. The molecular weight excluding hydrogens is 410 g/mol. The van der Waals surface area contributed by atoms with Crippen molar-refractivity contribution in [3.05, 3.63) is 102 Å². The van der Waals surface area contributed by atoms with Crippen molar-refractivity contribution in [2.45, 2.75) is 0 Å². The monoisotopic (exact) mass is 427 g/mol. The highest BCUT2D eigenvalue weighted by Gasteiger charge is 2.18. The highest BCUT2D eigenvalue weighted by atomic mass is 32.1. The number of hydrogen-bond acceptors (Lipinski definition) is 3. The van der Waals surface area contributed by atoms with E-state index in [-0.39, 0.29) is 0 Å². The molecule has 0 atom stereocenters. The van der Waals surface area contributed by atoms with Gasteiger partial charge in [-0.15, -0.1) is 11.3 Å². The molecule has 32 heavy (non-hydrogen) atoms. The van der Waals surface area contributed by atoms with Crippen molar-refractivity contribution in [1.29, 1.82) is 0 Å². The fraction of sp³-hybridized carbons (Fsp3) is 0. The average molecular weight is 428 g/mol. The summed E-state index contributed by atoms with van der Waals surface area (Å²) in [5, 5.41) is 8.04. The van der Waals surface area contributed by atoms with Crippen molar-refractivity contribution in [3.8, 4) is 17.2 Å². The minimum atomic E-state index is 0.709. The second-order valence-electron chi connectivity index (χ2n) is 7.91. The van der Waals surface area contributed by atoms with Crippen LogP contribution in [0.2, 0.25) is 0 Å². The van der Waals surface area contributed by atoms with Gasteiger partial charge in [0, 0.05) is 21.7 Å². The second-order valence-corrected chi connectivity index (χ2v) is 8.80. The lowest BCUT2D eigenvalue weighted by molar-refractivity contribution is 1.02. The molecule has 0 N–H and O–H groups in total. The number of rotatable bonds is 2. The first-order valence-corrected chi connectivity index (χ1v) is 11.5. The predicted octanol–water partition coefficient (Wildman–Crippen LogP) is 7.61. The van der Waals surface area contributed by atoms with E-state index in [2.05, 4.69) is 107 Å². The Labute approximate surface area is 188 Å². The lowest BCUT2D eigenvalue weighted by Gasteiger charge is -2.11. The van der Waals surface area contributed by atoms with Crippen LogP contribution in [-0.4, -0.2) is 14.5 Å². The van der Waals surface area contributed by atoms with Gasteiger partial charge in [0.15, 0.2) is 0 Å². The Morgan fingerprint density at radius 2 is 1.22 bits per heavy atom. The van der Waals surface area contributed by atoms with E-state index in [0.717, 1.165) is 32.5 Å². The molecule has 150 valence electrons. The van der Waals surface area contributed by atoms with E-state index >= 15 is 0 Å². The summed E-state index contributed by atoms with van der Waals surface area (Å²) in [6.45, 7) is 0. The van der Waals surface area contributed by atoms with Gasteiger partial charge in [-0.05, 0) is 34.4 Å². The van der Waals surface area contributed by atoms with Crippen LogP contribution < -0.4 is 0 Å². The van der Waals surface area contributed by atoms with Crippen molar-refractivity contribution in [3.63, 3.8) is 0 Å². The largest absolute Gasteiger partial charge is 0.278 e. The molecule has 3 heterocycles. The Hall–Kier alpha value is -4.02. The van der Waals surface area contributed by atoms with Crippen LogP contribution in [0, 0.1) is 0 Å². The van der Waals surface area contributed by atoms with E-state index in [1.54, 1.807) is 11.3 Å². The summed E-state index contributed by atoms with van der Waals surface area (Å²) in [4.78, 5) is 11.2. The molecule has 4 heteroatoms. The van der Waals surface area contributed by atoms with Crippen LogP contribution in [-0.2, 0) is 0 Å². The number of hydrogen-bond donors (Lipinski definition) is 0. The van der Waals surface area contributed by atoms with Gasteiger partial charge in [0.25, 0.3) is 0 Å². The van der Waals surface area contributed by atoms with Gasteiger partial charge in [0.05, 0.1) is 16.7 Å². The lowest BCUT2D eigenvalue weighted by atomic mass is 10.0. The maximum Gasteiger partial charge on any atom is 0.236 e. The molecule has 0 bridgehead atoms. The number of fused-ring (bicyclic) bond motifs is 5. The minimum Gasteiger partial charge on any atom is -0.278 e. The first kappa shape index (κ1) is 17.6. The van der Waals surface area contributed by atoms with E-state index in [0.29, 0.717) is 5.95 Å². The maximum absolute atomic E-state index is 5.19. The molecule has 7 rings (SSSR count). The van der Waals surface area contributed by atoms with Gasteiger partial charge < -0.3 is 0 Å². The zero-order valence-corrected chi connectivity index (χ0v) is 17.9. The van der Waals surface area contributed by atoms with E-state index < -0.39 is 0 Å². The Kier molecular flexibility index (Phi) is 3.72. The Morgan fingerprint density at radius 3 is 2.00 bits per heavy atom. The minimum absolute atomic E-state index is 0.709. The molecule has 0 unspecified atom stereocenters. The van der Waals surface area contributed by atoms with Gasteiger partial charge >= 0.3 is 0 Å². The Morgan fingerprint density at radius 1 is 0.562 bits per heavy atom. The number of thiophene rings is 1. The van der Waals surface area contributed by atoms with Gasteiger partial charge in [-0.2, -0.15) is 0 Å². The third kappa shape index (κ3) is 2.47. The van der Waals surface area contributed by atoms with Crippen molar-refractivity contribution in [1.82, 2.24) is 14.5 Å². The zero-order chi connectivity index (χ0) is 21.1. The molecule has 0 aliphatic carbocycles. The highest BCUT2D eigenvalue weighted by molar-refractivity contribution is 7.16. The summed E-state index contributed by atoms with van der Waals surface area (Å²) in [7, 11) is 0. The molecule has 7 aromatic rings. The maximum atomic E-state index is 5.19. The Balaban J connectivity index is 1.61. The molecule has 0 saturated heterocycles. The summed E-state index contributed by atoms with van der Waals surface area (Å²) in [6.07, 6.45) is 0. The highest BCUT2D eigenvalue weighted by Crippen LogP contribution is 2.36. The van der Waals surface area contributed by atoms with Crippen LogP contribution in [0.15, 0.2) is 102 Å². The fourth-order valence-corrected chi connectivity index (χ4v) is 5.48. The first-order valence-electron chi connectivity index (χ1n) is 10.6. The van der Waals surface area contributed by atoms with E-state index in [4.69, 9.17) is 9.97 Å². The molecule has 0 aliphatic heterocycles. The van der Waals surface area contributed by atoms with Crippen molar-refractivity contribution < 1.29 is 0 Å². The van der Waals surface area contributed by atoms with Crippen LogP contribution in [0.25, 0.3) is 60.0 Å². The number of benzene rings is 4. The second kappa shape index (κ2) is 6.74. The summed E-state index contributed by atoms with van der Waals surface area (Å²) in [5.74, 6) is 0.709. The third-order valence-electron chi connectivity index (χ3n) is 6.14. The molecular formula is C28H17N3S. The standard InChI is InChI=1S/C28H17N3S/c1-2-10-19-18(8-1)9-7-13-22(19)26-23-16-17-32-27(23)30-28(29-26)31-24-14-5-3-11-20(24)21-12-4-6-15-25(21)31/h1-17H. The molecule has 0 spiro atoms. The van der Waals surface area contributed by atoms with Crippen molar-refractivity contribution in [2.24, 2.45) is 0 Å². The summed E-state index contributed by atoms with van der Waals surface area (Å²) in [6, 6.07) is 34.0. The van der Waals surface area contributed by atoms with E-state index in [1.165, 1.54) is 21.5 Å². The average Bonchev–Trinajstić information content (AvgIpc) is 3.46. The van der Waals surface area contributed by atoms with Crippen LogP contribution in [0.4, 0.5) is 0 Å². The zero-order valence-electron chi connectivity index (χ0n) is 17.1. The van der Waals surface area contributed by atoms with Crippen LogP contribution in [0.5, 0.6) is 0 Å². The van der Waals surface area contributed by atoms with Crippen LogP contribution in [0.1, 0.15) is 0 Å². The number of para-hydroxylation sites is 2. The van der Waals surface area contributed by atoms with Crippen molar-refractivity contribution >= 4 is 54.1 Å². The van der Waals surface area contributed by atoms with Gasteiger partial charge in [0.2, 0.25) is 5.95 Å². The van der Waals surface area contributed by atoms with Gasteiger partial charge in [-0.3, -0.25) is 4.57 Å². The third-order valence-corrected chi connectivity index (χ3v) is 6.94. The summed E-state index contributed by atoms with van der Waals surface area (Å²) in [5.41, 5.74) is 4.35. The molecule has 4 aromatic carbocycles. The predicted molar refractivity (Wildman–Crippen MR) is 135 cm³/mol. The summed E-state index contributed by atoms with van der Waals surface area (Å²) >= 11 is 1.66. The molecule has 3 nitrogen and oxygen atoms in total. The normalized spacial score (nSPS) is 11.8. The van der Waals surface area contributed by atoms with Crippen molar-refractivity contribution in [2.75, 3.05) is 0 Å². The van der Waals surface area contributed by atoms with Gasteiger partial charge in [0.1, 0.15) is 4.83 Å². The molecule has 0 fully saturated rings. The van der Waals surface area contributed by atoms with Gasteiger partial charge in [-0.1, -0.05) is 78.9 Å². The fourth-order valence-electron chi connectivity index (χ4n) is 4.72. The quantitative estimate of drug-likeness (QED) is 0.284. The van der Waals surface area contributed by atoms with E-state index in [9.17, 15) is 0 Å². The topological polar surface area (TPSA) is 30.7 Å². The molecule has 0 radical (unpaired) electrons. The summed E-state index contributed by atoms with van der Waals surface area (Å²) < 4.78 is 2.19. The van der Waals surface area contributed by atoms with Gasteiger partial charge in [-0.25, -0.2) is 9.97 Å². The number of aromatic nitrogens is 3. The Bertz CT molecular complexity index is 1730. The van der Waals surface area contributed by atoms with Crippen LogP contribution in [0.3, 0.4) is 0 Å². The smallest absolute Gasteiger partial charge is 0.236 e. The van der Waals surface area contributed by atoms with Crippen LogP contribution >= 0.6 is 11.3 Å². The molecule has 3 aromatic heterocycles. The SMILES string of the molecule is c1ccc2c(-c3nc(-n4c5ccccc5c5ccccc54)nc4sccc34)cccc2c1.